The molecule has 7 rings (SSSR count). The van der Waals surface area contributed by atoms with Crippen LogP contribution in [0.2, 0.25) is 0 Å². The Morgan fingerprint density at radius 3 is 2.29 bits per heavy atom. The van der Waals surface area contributed by atoms with Gasteiger partial charge < -0.3 is 29.2 Å². The molecule has 0 aromatic heterocycles. The molecule has 3 aliphatic rings. The predicted molar refractivity (Wildman–Crippen MR) is 141 cm³/mol. The zero-order valence-electron chi connectivity index (χ0n) is 21.2. The quantitative estimate of drug-likeness (QED) is 0.323. The van der Waals surface area contributed by atoms with Crippen molar-refractivity contribution in [1.29, 1.82) is 0 Å². The predicted octanol–water partition coefficient (Wildman–Crippen LogP) is 6.64. The summed E-state index contributed by atoms with van der Waals surface area (Å²) in [4.78, 5) is 0. The van der Waals surface area contributed by atoms with Gasteiger partial charge in [-0.05, 0) is 25.3 Å². The van der Waals surface area contributed by atoms with E-state index in [0.29, 0.717) is 34.8 Å². The third-order valence-electron chi connectivity index (χ3n) is 8.11. The average Bonchev–Trinajstić information content (AvgIpc) is 2.95. The van der Waals surface area contributed by atoms with E-state index < -0.39 is 5.79 Å². The molecule has 4 aromatic rings. The van der Waals surface area contributed by atoms with E-state index in [1.54, 1.807) is 20.1 Å². The second kappa shape index (κ2) is 8.35. The van der Waals surface area contributed by atoms with Gasteiger partial charge in [0.1, 0.15) is 40.6 Å². The van der Waals surface area contributed by atoms with Crippen molar-refractivity contribution >= 4 is 0 Å². The number of benzene rings is 4. The van der Waals surface area contributed by atoms with E-state index >= 15 is 0 Å². The molecule has 2 bridgehead atoms. The van der Waals surface area contributed by atoms with Crippen molar-refractivity contribution in [2.75, 3.05) is 7.11 Å². The molecule has 0 unspecified atom stereocenters. The SMILES string of the molecule is COc1cc2c(c3c1CC[C@@H](c1ccccc1)O3)[C@H]1C[C@@](c3ccccc3)(Oc3cc(O)c(C)c(O)c31)O2. The fourth-order valence-electron chi connectivity index (χ4n) is 6.19. The third kappa shape index (κ3) is 3.26. The molecule has 0 radical (unpaired) electrons. The topological polar surface area (TPSA) is 77.4 Å². The van der Waals surface area contributed by atoms with Crippen molar-refractivity contribution in [3.8, 4) is 34.5 Å². The van der Waals surface area contributed by atoms with Gasteiger partial charge in [-0.2, -0.15) is 0 Å². The first kappa shape index (κ1) is 22.8. The largest absolute Gasteiger partial charge is 0.507 e. The summed E-state index contributed by atoms with van der Waals surface area (Å²) in [5.74, 6) is 1.01. The van der Waals surface area contributed by atoms with Gasteiger partial charge in [0.25, 0.3) is 5.79 Å². The number of hydrogen-bond donors (Lipinski definition) is 2. The molecular formula is C32H28O6. The van der Waals surface area contributed by atoms with E-state index in [0.717, 1.165) is 40.8 Å². The number of rotatable bonds is 3. The highest BCUT2D eigenvalue weighted by Gasteiger charge is 2.53. The highest BCUT2D eigenvalue weighted by atomic mass is 16.7. The highest BCUT2D eigenvalue weighted by Crippen LogP contribution is 2.62. The number of aromatic hydroxyl groups is 2. The Kier molecular flexibility index (Phi) is 5.02. The maximum atomic E-state index is 11.3. The van der Waals surface area contributed by atoms with Crippen LogP contribution in [-0.4, -0.2) is 17.3 Å². The summed E-state index contributed by atoms with van der Waals surface area (Å²) in [6, 6.07) is 23.5. The molecule has 6 heteroatoms. The van der Waals surface area contributed by atoms with E-state index in [2.05, 4.69) is 12.1 Å². The molecule has 0 spiro atoms. The lowest BCUT2D eigenvalue weighted by Crippen LogP contribution is -2.47. The normalized spacial score (nSPS) is 22.6. The minimum atomic E-state index is -1.15. The van der Waals surface area contributed by atoms with Gasteiger partial charge in [-0.1, -0.05) is 60.7 Å². The van der Waals surface area contributed by atoms with Gasteiger partial charge >= 0.3 is 0 Å². The number of phenols is 2. The van der Waals surface area contributed by atoms with Crippen molar-refractivity contribution < 1.29 is 29.2 Å². The van der Waals surface area contributed by atoms with Crippen LogP contribution in [0.5, 0.6) is 34.5 Å². The van der Waals surface area contributed by atoms with Crippen LogP contribution in [0.25, 0.3) is 0 Å². The van der Waals surface area contributed by atoms with E-state index in [1.807, 2.05) is 54.6 Å². The molecule has 3 heterocycles. The number of phenolic OH excluding ortho intramolecular Hbond substituents is 2. The standard InChI is InChI=1S/C32H28O6/c1-18-23(33)15-26-28(30(18)34)22-17-32(37-26,20-11-7-4-8-12-20)38-27-16-25(35-2)21-13-14-24(36-31(21)29(22)27)19-9-5-3-6-10-19/h3-12,15-16,22,24,33-34H,13-14,17H2,1-2H3/t22-,24-,32+/m0/s1. The maximum Gasteiger partial charge on any atom is 0.278 e. The Hall–Kier alpha value is -4.32. The number of ether oxygens (including phenoxy) is 4. The second-order valence-corrected chi connectivity index (χ2v) is 10.2. The molecular weight excluding hydrogens is 480 g/mol. The lowest BCUT2D eigenvalue weighted by molar-refractivity contribution is -0.149. The summed E-state index contributed by atoms with van der Waals surface area (Å²) in [6.45, 7) is 1.70. The molecule has 38 heavy (non-hydrogen) atoms. The van der Waals surface area contributed by atoms with Crippen LogP contribution < -0.4 is 18.9 Å². The van der Waals surface area contributed by atoms with Crippen LogP contribution in [0.3, 0.4) is 0 Å². The lowest BCUT2D eigenvalue weighted by Gasteiger charge is -2.47. The Labute approximate surface area is 221 Å². The minimum absolute atomic E-state index is 0.0261. The molecule has 0 saturated carbocycles. The molecule has 3 atom stereocenters. The van der Waals surface area contributed by atoms with Gasteiger partial charge in [0.05, 0.1) is 7.11 Å². The summed E-state index contributed by atoms with van der Waals surface area (Å²) in [7, 11) is 1.66. The Morgan fingerprint density at radius 2 is 1.58 bits per heavy atom. The summed E-state index contributed by atoms with van der Waals surface area (Å²) >= 11 is 0. The number of fused-ring (bicyclic) bond motifs is 8. The monoisotopic (exact) mass is 508 g/mol. The fraction of sp³-hybridized carbons (Fsp3) is 0.250. The first-order chi connectivity index (χ1) is 18.5. The van der Waals surface area contributed by atoms with E-state index in [4.69, 9.17) is 18.9 Å². The molecule has 0 aliphatic carbocycles. The van der Waals surface area contributed by atoms with Crippen LogP contribution in [0.15, 0.2) is 72.8 Å². The zero-order chi connectivity index (χ0) is 26.0. The van der Waals surface area contributed by atoms with Crippen LogP contribution in [0.4, 0.5) is 0 Å². The zero-order valence-corrected chi connectivity index (χ0v) is 21.2. The van der Waals surface area contributed by atoms with Crippen molar-refractivity contribution in [2.45, 2.75) is 44.0 Å². The van der Waals surface area contributed by atoms with Gasteiger partial charge in [-0.3, -0.25) is 0 Å². The van der Waals surface area contributed by atoms with Gasteiger partial charge in [-0.25, -0.2) is 0 Å². The molecule has 0 amide bonds. The van der Waals surface area contributed by atoms with Crippen molar-refractivity contribution in [1.82, 2.24) is 0 Å². The average molecular weight is 509 g/mol. The van der Waals surface area contributed by atoms with E-state index in [1.165, 1.54) is 0 Å². The summed E-state index contributed by atoms with van der Waals surface area (Å²) in [5, 5.41) is 21.9. The van der Waals surface area contributed by atoms with E-state index in [9.17, 15) is 10.2 Å². The first-order valence-corrected chi connectivity index (χ1v) is 12.9. The molecule has 0 saturated heterocycles. The third-order valence-corrected chi connectivity index (χ3v) is 8.11. The van der Waals surface area contributed by atoms with Gasteiger partial charge in [-0.15, -0.1) is 0 Å². The lowest BCUT2D eigenvalue weighted by atomic mass is 9.76. The van der Waals surface area contributed by atoms with Gasteiger partial charge in [0.15, 0.2) is 0 Å². The first-order valence-electron chi connectivity index (χ1n) is 12.9. The molecule has 0 fully saturated rings. The Morgan fingerprint density at radius 1 is 0.895 bits per heavy atom. The highest BCUT2D eigenvalue weighted by molar-refractivity contribution is 5.68. The molecule has 4 aromatic carbocycles. The van der Waals surface area contributed by atoms with E-state index in [-0.39, 0.29) is 23.5 Å². The van der Waals surface area contributed by atoms with Gasteiger partial charge in [0.2, 0.25) is 0 Å². The second-order valence-electron chi connectivity index (χ2n) is 10.2. The molecule has 2 N–H and O–H groups in total. The van der Waals surface area contributed by atoms with Crippen molar-refractivity contribution in [3.63, 3.8) is 0 Å². The smallest absolute Gasteiger partial charge is 0.278 e. The molecule has 192 valence electrons. The minimum Gasteiger partial charge on any atom is -0.507 e. The van der Waals surface area contributed by atoms with Crippen LogP contribution in [0, 0.1) is 6.92 Å². The van der Waals surface area contributed by atoms with Crippen molar-refractivity contribution in [3.05, 3.63) is 106 Å². The van der Waals surface area contributed by atoms with Crippen molar-refractivity contribution in [2.24, 2.45) is 0 Å². The van der Waals surface area contributed by atoms with Gasteiger partial charge in [0, 0.05) is 52.3 Å². The Balaban J connectivity index is 1.48. The van der Waals surface area contributed by atoms with Crippen LogP contribution in [-0.2, 0) is 12.2 Å². The van der Waals surface area contributed by atoms with Crippen LogP contribution >= 0.6 is 0 Å². The Bertz CT molecular complexity index is 1550. The summed E-state index contributed by atoms with van der Waals surface area (Å²) in [6.07, 6.45) is 1.93. The number of hydrogen-bond acceptors (Lipinski definition) is 6. The fourth-order valence-corrected chi connectivity index (χ4v) is 6.19. The molecule has 6 nitrogen and oxygen atoms in total. The summed E-state index contributed by atoms with van der Waals surface area (Å²) < 4.78 is 25.9. The van der Waals surface area contributed by atoms with Crippen LogP contribution in [0.1, 0.15) is 58.2 Å². The summed E-state index contributed by atoms with van der Waals surface area (Å²) in [5.41, 5.74) is 4.88. The molecule has 3 aliphatic heterocycles. The maximum absolute atomic E-state index is 11.3. The number of methoxy groups -OCH3 is 1.